The molecule has 2 nitrogen and oxygen atoms in total. The van der Waals surface area contributed by atoms with Crippen molar-refractivity contribution in [2.24, 2.45) is 16.7 Å². The minimum absolute atomic E-state index is 0. The molecule has 117 valence electrons. The molecule has 0 aliphatic rings. The number of Topliss-reactive ketones (excluding diaryl/α,β-unsaturated/α-hetero) is 2. The van der Waals surface area contributed by atoms with Gasteiger partial charge < -0.3 is 23.4 Å². The van der Waals surface area contributed by atoms with Gasteiger partial charge in [0.05, 0.1) is 0 Å². The molecule has 1 radical (unpaired) electrons. The quantitative estimate of drug-likeness (QED) is 0.685. The van der Waals surface area contributed by atoms with E-state index < -0.39 is 0 Å². The monoisotopic (exact) mass is 357 g/mol. The van der Waals surface area contributed by atoms with Gasteiger partial charge in [-0.05, 0) is 18.8 Å². The topological polar surface area (TPSA) is 34.1 Å². The van der Waals surface area contributed by atoms with Gasteiger partial charge >= 0.3 is 0 Å². The minimum atomic E-state index is -0.252. The summed E-state index contributed by atoms with van der Waals surface area (Å²) in [5.41, 5.74) is -0.0645. The van der Waals surface area contributed by atoms with Gasteiger partial charge in [-0.3, -0.25) is 0 Å². The summed E-state index contributed by atoms with van der Waals surface area (Å²) >= 11 is 0. The van der Waals surface area contributed by atoms with Gasteiger partial charge in [0, 0.05) is 38.1 Å². The van der Waals surface area contributed by atoms with Gasteiger partial charge in [-0.2, -0.15) is 6.42 Å². The third-order valence-electron chi connectivity index (χ3n) is 2.50. The van der Waals surface area contributed by atoms with E-state index in [1.807, 2.05) is 20.8 Å². The van der Waals surface area contributed by atoms with E-state index in [0.29, 0.717) is 6.42 Å². The predicted molar refractivity (Wildman–Crippen MR) is 82.7 cm³/mol. The number of ketones is 2. The van der Waals surface area contributed by atoms with Crippen molar-refractivity contribution in [2.45, 2.75) is 67.7 Å². The molecule has 0 saturated carbocycles. The van der Waals surface area contributed by atoms with Crippen LogP contribution < -0.4 is 0 Å². The third kappa shape index (κ3) is 16.5. The Morgan fingerprint density at radius 1 is 1.05 bits per heavy atom. The van der Waals surface area contributed by atoms with Crippen LogP contribution >= 0.6 is 0 Å². The van der Waals surface area contributed by atoms with Gasteiger partial charge in [0.1, 0.15) is 11.6 Å². The van der Waals surface area contributed by atoms with Crippen LogP contribution in [0.5, 0.6) is 0 Å². The fourth-order valence-corrected chi connectivity index (χ4v) is 1.69. The fourth-order valence-electron chi connectivity index (χ4n) is 1.69. The summed E-state index contributed by atoms with van der Waals surface area (Å²) in [7, 11) is 0. The molecular weight excluding hydrogens is 325 g/mol. The van der Waals surface area contributed by atoms with Crippen LogP contribution in [0.4, 0.5) is 0 Å². The molecule has 0 saturated heterocycles. The van der Waals surface area contributed by atoms with Crippen molar-refractivity contribution < 1.29 is 42.3 Å². The molecule has 0 amide bonds. The molecule has 0 bridgehead atoms. The molecule has 0 aromatic carbocycles. The molecule has 0 heterocycles. The van der Waals surface area contributed by atoms with Gasteiger partial charge in [0.25, 0.3) is 0 Å². The van der Waals surface area contributed by atoms with Crippen molar-refractivity contribution in [1.82, 2.24) is 0 Å². The molecular formula is C17H32O2Y-2. The van der Waals surface area contributed by atoms with E-state index in [2.05, 4.69) is 34.6 Å². The maximum Gasteiger partial charge on any atom is 0.127 e. The summed E-state index contributed by atoms with van der Waals surface area (Å²) in [6.45, 7) is 21.3. The molecule has 0 aromatic rings. The standard InChI is InChI=1S/C12H23O.C5H9O.Y/c1-9(8-11(2,3)4)10(13)12(5,6)7;1-3-4-5(2)6;/h9H,1,8H2,2-7H3;1,3-4H2,2H3;/q2*-1;. The summed E-state index contributed by atoms with van der Waals surface area (Å²) in [5, 5.41) is 0. The first kappa shape index (κ1) is 25.4. The minimum Gasteiger partial charge on any atom is -0.343 e. The van der Waals surface area contributed by atoms with Crippen LogP contribution in [-0.2, 0) is 42.3 Å². The fraction of sp³-hybridized carbons (Fsp3) is 0.765. The average Bonchev–Trinajstić information content (AvgIpc) is 2.12. The van der Waals surface area contributed by atoms with E-state index >= 15 is 0 Å². The van der Waals surface area contributed by atoms with Crippen LogP contribution in [0.15, 0.2) is 0 Å². The summed E-state index contributed by atoms with van der Waals surface area (Å²) in [5.74, 6) is 0.424. The predicted octanol–water partition coefficient (Wildman–Crippen LogP) is 4.68. The van der Waals surface area contributed by atoms with Crippen LogP contribution in [0, 0.1) is 30.6 Å². The Morgan fingerprint density at radius 2 is 1.45 bits per heavy atom. The Hall–Kier alpha value is 0.444. The van der Waals surface area contributed by atoms with Crippen LogP contribution in [-0.4, -0.2) is 11.6 Å². The summed E-state index contributed by atoms with van der Waals surface area (Å²) in [6, 6.07) is 0. The van der Waals surface area contributed by atoms with Gasteiger partial charge in [-0.25, -0.2) is 0 Å². The van der Waals surface area contributed by atoms with Crippen LogP contribution in [0.2, 0.25) is 0 Å². The molecule has 0 N–H and O–H groups in total. The molecule has 0 aromatic heterocycles. The van der Waals surface area contributed by atoms with Gasteiger partial charge in [0.2, 0.25) is 0 Å². The molecule has 1 atom stereocenters. The van der Waals surface area contributed by atoms with Crippen molar-refractivity contribution in [3.8, 4) is 0 Å². The Morgan fingerprint density at radius 3 is 1.60 bits per heavy atom. The first-order valence-corrected chi connectivity index (χ1v) is 6.97. The molecule has 0 spiro atoms. The Kier molecular flexibility index (Phi) is 14.1. The van der Waals surface area contributed by atoms with E-state index in [1.165, 1.54) is 0 Å². The van der Waals surface area contributed by atoms with Gasteiger partial charge in [0.15, 0.2) is 0 Å². The largest absolute Gasteiger partial charge is 0.343 e. The second-order valence-electron chi connectivity index (χ2n) is 7.38. The number of rotatable bonds is 4. The number of carbonyl (C=O) groups excluding carboxylic acids is 2. The first-order valence-electron chi connectivity index (χ1n) is 6.97. The number of carbonyl (C=O) groups is 2. The molecule has 3 heteroatoms. The first-order chi connectivity index (χ1) is 8.31. The second-order valence-corrected chi connectivity index (χ2v) is 7.38. The van der Waals surface area contributed by atoms with Gasteiger partial charge in [-0.15, -0.1) is 5.92 Å². The number of hydrogen-bond acceptors (Lipinski definition) is 2. The Labute approximate surface area is 151 Å². The summed E-state index contributed by atoms with van der Waals surface area (Å²) < 4.78 is 0. The SMILES string of the molecule is [CH2-]C(CC(C)(C)C)C(=O)C(C)(C)C.[CH2-]CCC(C)=O.[Y]. The van der Waals surface area contributed by atoms with Crippen LogP contribution in [0.3, 0.4) is 0 Å². The van der Waals surface area contributed by atoms with E-state index in [-0.39, 0.29) is 61.0 Å². The zero-order valence-electron chi connectivity index (χ0n) is 14.5. The average molecular weight is 357 g/mol. The zero-order valence-corrected chi connectivity index (χ0v) is 17.3. The molecule has 20 heavy (non-hydrogen) atoms. The molecule has 0 rings (SSSR count). The Balaban J connectivity index is -0.000000352. The van der Waals surface area contributed by atoms with Crippen molar-refractivity contribution in [1.29, 1.82) is 0 Å². The molecule has 1 unspecified atom stereocenters. The smallest absolute Gasteiger partial charge is 0.127 e. The van der Waals surface area contributed by atoms with Gasteiger partial charge in [-0.1, -0.05) is 48.0 Å². The molecule has 0 fully saturated rings. The van der Waals surface area contributed by atoms with Crippen molar-refractivity contribution in [3.05, 3.63) is 13.8 Å². The Bertz CT molecular complexity index is 282. The van der Waals surface area contributed by atoms with Crippen LogP contribution in [0.25, 0.3) is 0 Å². The van der Waals surface area contributed by atoms with Crippen LogP contribution in [0.1, 0.15) is 67.7 Å². The van der Waals surface area contributed by atoms with Crippen molar-refractivity contribution in [3.63, 3.8) is 0 Å². The van der Waals surface area contributed by atoms with E-state index in [1.54, 1.807) is 6.92 Å². The van der Waals surface area contributed by atoms with Crippen molar-refractivity contribution >= 4 is 11.6 Å². The van der Waals surface area contributed by atoms with E-state index in [4.69, 9.17) is 0 Å². The zero-order chi connectivity index (χ0) is 15.9. The van der Waals surface area contributed by atoms with Crippen molar-refractivity contribution in [2.75, 3.05) is 0 Å². The molecule has 0 aliphatic heterocycles. The van der Waals surface area contributed by atoms with E-state index in [9.17, 15) is 9.59 Å². The second kappa shape index (κ2) is 11.1. The van der Waals surface area contributed by atoms with E-state index in [0.717, 1.165) is 12.8 Å². The summed E-state index contributed by atoms with van der Waals surface area (Å²) in [6.07, 6.45) is 2.22. The maximum absolute atomic E-state index is 11.8. The molecule has 0 aliphatic carbocycles. The maximum atomic E-state index is 11.8. The summed E-state index contributed by atoms with van der Waals surface area (Å²) in [4.78, 5) is 21.8. The normalized spacial score (nSPS) is 12.7. The number of hydrogen-bond donors (Lipinski definition) is 0. The third-order valence-corrected chi connectivity index (χ3v) is 2.50.